The van der Waals surface area contributed by atoms with E-state index in [0.29, 0.717) is 26.2 Å². The van der Waals surface area contributed by atoms with E-state index in [4.69, 9.17) is 21.1 Å². The molecule has 1 saturated heterocycles. The van der Waals surface area contributed by atoms with Gasteiger partial charge in [0.25, 0.3) is 0 Å². The van der Waals surface area contributed by atoms with Crippen LogP contribution in [0.4, 0.5) is 9.18 Å². The van der Waals surface area contributed by atoms with Crippen LogP contribution >= 0.6 is 11.6 Å². The van der Waals surface area contributed by atoms with Gasteiger partial charge in [-0.3, -0.25) is 4.90 Å². The number of carbonyl (C=O) groups excluding carboxylic acids is 1. The van der Waals surface area contributed by atoms with Crippen LogP contribution in [-0.4, -0.2) is 48.9 Å². The van der Waals surface area contributed by atoms with Gasteiger partial charge in [0.1, 0.15) is 11.4 Å². The number of nitrogens with one attached hydrogen (secondary N) is 1. The van der Waals surface area contributed by atoms with Crippen LogP contribution in [0.25, 0.3) is 0 Å². The zero-order valence-electron chi connectivity index (χ0n) is 14.3. The number of morpholine rings is 1. The van der Waals surface area contributed by atoms with Gasteiger partial charge in [0, 0.05) is 26.2 Å². The summed E-state index contributed by atoms with van der Waals surface area (Å²) in [4.78, 5) is 13.9. The van der Waals surface area contributed by atoms with Gasteiger partial charge in [-0.15, -0.1) is 0 Å². The molecule has 1 aromatic carbocycles. The lowest BCUT2D eigenvalue weighted by Crippen LogP contribution is -2.47. The first kappa shape index (κ1) is 19.0. The SMILES string of the molecule is CC(C)(C)OC(=O)NC[C@H]1CN(Cc2ccc(F)c(Cl)c2)CCO1. The van der Waals surface area contributed by atoms with Gasteiger partial charge < -0.3 is 14.8 Å². The van der Waals surface area contributed by atoms with E-state index in [1.165, 1.54) is 6.07 Å². The minimum absolute atomic E-state index is 0.109. The molecule has 0 saturated carbocycles. The molecule has 1 aliphatic rings. The minimum atomic E-state index is -0.522. The van der Waals surface area contributed by atoms with E-state index in [2.05, 4.69) is 10.2 Å². The molecular formula is C17H24ClFN2O3. The molecule has 1 fully saturated rings. The van der Waals surface area contributed by atoms with E-state index in [1.54, 1.807) is 12.1 Å². The first-order valence-corrected chi connectivity index (χ1v) is 8.35. The van der Waals surface area contributed by atoms with Crippen LogP contribution < -0.4 is 5.32 Å². The average Bonchev–Trinajstić information content (AvgIpc) is 2.48. The zero-order chi connectivity index (χ0) is 17.7. The Morgan fingerprint density at radius 3 is 2.92 bits per heavy atom. The Hall–Kier alpha value is -1.37. The highest BCUT2D eigenvalue weighted by atomic mass is 35.5. The molecule has 1 heterocycles. The molecule has 0 bridgehead atoms. The Bertz CT molecular complexity index is 577. The third-order valence-corrected chi connectivity index (χ3v) is 3.78. The monoisotopic (exact) mass is 358 g/mol. The van der Waals surface area contributed by atoms with Crippen molar-refractivity contribution in [2.24, 2.45) is 0 Å². The molecule has 1 N–H and O–H groups in total. The predicted octanol–water partition coefficient (Wildman–Crippen LogP) is 3.20. The quantitative estimate of drug-likeness (QED) is 0.898. The van der Waals surface area contributed by atoms with Crippen LogP contribution in [0.3, 0.4) is 0 Å². The van der Waals surface area contributed by atoms with Crippen LogP contribution in [-0.2, 0) is 16.0 Å². The number of hydrogen-bond acceptors (Lipinski definition) is 4. The molecule has 0 aromatic heterocycles. The summed E-state index contributed by atoms with van der Waals surface area (Å²) >= 11 is 5.82. The molecule has 5 nitrogen and oxygen atoms in total. The number of nitrogens with zero attached hydrogens (tertiary/aromatic N) is 1. The van der Waals surface area contributed by atoms with Crippen molar-refractivity contribution in [1.29, 1.82) is 0 Å². The van der Waals surface area contributed by atoms with Gasteiger partial charge >= 0.3 is 6.09 Å². The van der Waals surface area contributed by atoms with Crippen molar-refractivity contribution in [3.63, 3.8) is 0 Å². The lowest BCUT2D eigenvalue weighted by Gasteiger charge is -2.33. The number of alkyl carbamates (subject to hydrolysis) is 1. The fourth-order valence-corrected chi connectivity index (χ4v) is 2.66. The van der Waals surface area contributed by atoms with E-state index in [-0.39, 0.29) is 11.1 Å². The predicted molar refractivity (Wildman–Crippen MR) is 90.7 cm³/mol. The summed E-state index contributed by atoms with van der Waals surface area (Å²) in [6.07, 6.45) is -0.560. The first-order valence-electron chi connectivity index (χ1n) is 7.98. The molecule has 0 spiro atoms. The van der Waals surface area contributed by atoms with Crippen molar-refractivity contribution < 1.29 is 18.7 Å². The molecule has 24 heavy (non-hydrogen) atoms. The number of ether oxygens (including phenoxy) is 2. The average molecular weight is 359 g/mol. The molecule has 0 unspecified atom stereocenters. The molecular weight excluding hydrogens is 335 g/mol. The fraction of sp³-hybridized carbons (Fsp3) is 0.588. The molecule has 134 valence electrons. The number of halogens is 2. The molecule has 1 aromatic rings. The van der Waals surface area contributed by atoms with Crippen LogP contribution in [0.2, 0.25) is 5.02 Å². The van der Waals surface area contributed by atoms with Gasteiger partial charge in [-0.1, -0.05) is 17.7 Å². The van der Waals surface area contributed by atoms with Crippen LogP contribution in [0, 0.1) is 5.82 Å². The van der Waals surface area contributed by atoms with E-state index in [0.717, 1.165) is 12.1 Å². The highest BCUT2D eigenvalue weighted by Crippen LogP contribution is 2.18. The molecule has 7 heteroatoms. The smallest absolute Gasteiger partial charge is 0.407 e. The summed E-state index contributed by atoms with van der Waals surface area (Å²) in [6.45, 7) is 8.53. The van der Waals surface area contributed by atoms with E-state index in [9.17, 15) is 9.18 Å². The third-order valence-electron chi connectivity index (χ3n) is 3.49. The highest BCUT2D eigenvalue weighted by Gasteiger charge is 2.22. The standard InChI is InChI=1S/C17H24ClFN2O3/c1-17(2,3)24-16(22)20-9-13-11-21(6-7-23-13)10-12-4-5-15(19)14(18)8-12/h4-5,8,13H,6-7,9-11H2,1-3H3,(H,20,22)/t13-/m0/s1. The molecule has 0 aliphatic carbocycles. The molecule has 0 radical (unpaired) electrons. The maximum Gasteiger partial charge on any atom is 0.407 e. The summed E-state index contributed by atoms with van der Waals surface area (Å²) in [5.74, 6) is -0.415. The second-order valence-electron chi connectivity index (χ2n) is 6.86. The maximum absolute atomic E-state index is 13.2. The zero-order valence-corrected chi connectivity index (χ0v) is 15.0. The van der Waals surface area contributed by atoms with Crippen molar-refractivity contribution in [2.75, 3.05) is 26.2 Å². The van der Waals surface area contributed by atoms with Gasteiger partial charge in [-0.25, -0.2) is 9.18 Å². The Balaban J connectivity index is 1.81. The molecule has 1 atom stereocenters. The fourth-order valence-electron chi connectivity index (χ4n) is 2.46. The summed E-state index contributed by atoms with van der Waals surface area (Å²) in [7, 11) is 0. The second kappa shape index (κ2) is 8.14. The normalized spacial score (nSPS) is 19.1. The van der Waals surface area contributed by atoms with E-state index >= 15 is 0 Å². The lowest BCUT2D eigenvalue weighted by atomic mass is 10.2. The molecule has 2 rings (SSSR count). The van der Waals surface area contributed by atoms with Crippen LogP contribution in [0.5, 0.6) is 0 Å². The minimum Gasteiger partial charge on any atom is -0.444 e. The Labute approximate surface area is 147 Å². The number of benzene rings is 1. The number of rotatable bonds is 4. The maximum atomic E-state index is 13.2. The van der Waals surface area contributed by atoms with Gasteiger partial charge in [0.2, 0.25) is 0 Å². The van der Waals surface area contributed by atoms with E-state index < -0.39 is 17.5 Å². The Morgan fingerprint density at radius 1 is 1.50 bits per heavy atom. The van der Waals surface area contributed by atoms with Crippen LogP contribution in [0.1, 0.15) is 26.3 Å². The molecule has 1 amide bonds. The summed E-state index contributed by atoms with van der Waals surface area (Å²) in [6, 6.07) is 4.74. The lowest BCUT2D eigenvalue weighted by molar-refractivity contribution is -0.0313. The summed E-state index contributed by atoms with van der Waals surface area (Å²) in [5, 5.41) is 2.86. The van der Waals surface area contributed by atoms with Gasteiger partial charge in [-0.2, -0.15) is 0 Å². The van der Waals surface area contributed by atoms with Crippen molar-refractivity contribution in [3.05, 3.63) is 34.6 Å². The number of amides is 1. The van der Waals surface area contributed by atoms with Gasteiger partial charge in [0.05, 0.1) is 17.7 Å². The largest absolute Gasteiger partial charge is 0.444 e. The summed E-state index contributed by atoms with van der Waals surface area (Å²) < 4.78 is 24.1. The van der Waals surface area contributed by atoms with Gasteiger partial charge in [0.15, 0.2) is 0 Å². The third kappa shape index (κ3) is 6.26. The topological polar surface area (TPSA) is 50.8 Å². The molecule has 1 aliphatic heterocycles. The number of hydrogen-bond donors (Lipinski definition) is 1. The van der Waals surface area contributed by atoms with Crippen molar-refractivity contribution in [1.82, 2.24) is 10.2 Å². The van der Waals surface area contributed by atoms with Crippen molar-refractivity contribution in [3.8, 4) is 0 Å². The van der Waals surface area contributed by atoms with Crippen molar-refractivity contribution >= 4 is 17.7 Å². The highest BCUT2D eigenvalue weighted by molar-refractivity contribution is 6.30. The van der Waals surface area contributed by atoms with E-state index in [1.807, 2.05) is 20.8 Å². The second-order valence-corrected chi connectivity index (χ2v) is 7.27. The van der Waals surface area contributed by atoms with Crippen LogP contribution in [0.15, 0.2) is 18.2 Å². The number of carbonyl (C=O) groups is 1. The Morgan fingerprint density at radius 2 is 2.25 bits per heavy atom. The summed E-state index contributed by atoms with van der Waals surface area (Å²) in [5.41, 5.74) is 0.424. The van der Waals surface area contributed by atoms with Crippen molar-refractivity contribution in [2.45, 2.75) is 39.0 Å². The Kier molecular flexibility index (Phi) is 6.43. The van der Waals surface area contributed by atoms with Gasteiger partial charge in [-0.05, 0) is 38.5 Å². The first-order chi connectivity index (χ1) is 11.2.